The molecule has 2 rings (SSSR count). The van der Waals surface area contributed by atoms with E-state index in [1.54, 1.807) is 24.2 Å². The van der Waals surface area contributed by atoms with Crippen LogP contribution in [0.5, 0.6) is 0 Å². The molecule has 22 heavy (non-hydrogen) atoms. The van der Waals surface area contributed by atoms with Crippen LogP contribution in [-0.2, 0) is 5.75 Å². The normalized spacial score (nSPS) is 14.9. The Labute approximate surface area is 136 Å². The van der Waals surface area contributed by atoms with Gasteiger partial charge in [0.15, 0.2) is 0 Å². The molecule has 5 nitrogen and oxygen atoms in total. The summed E-state index contributed by atoms with van der Waals surface area (Å²) in [6.07, 6.45) is 7.22. The Hall–Kier alpha value is -1.82. The standard InChI is InChI=1S/C16H23N5S/c1-14-6-7-18-20-15(13-22-11-8-17-2)12-16(19-14)21-9-4-3-5-10-21/h6-8,11-12,20H,2-5,9-10,13H2,1H3/b11-8-,14-6?,15-12?,18-7?,19-16?. The quantitative estimate of drug-likeness (QED) is 0.843. The fourth-order valence-electron chi connectivity index (χ4n) is 2.29. The maximum Gasteiger partial charge on any atom is 0.130 e. The highest BCUT2D eigenvalue weighted by molar-refractivity contribution is 8.01. The van der Waals surface area contributed by atoms with Crippen molar-refractivity contribution in [3.63, 3.8) is 0 Å². The van der Waals surface area contributed by atoms with E-state index in [0.29, 0.717) is 0 Å². The maximum atomic E-state index is 4.75. The Morgan fingerprint density at radius 2 is 2.23 bits per heavy atom. The number of thioether (sulfide) groups is 1. The van der Waals surface area contributed by atoms with Gasteiger partial charge in [-0.2, -0.15) is 5.10 Å². The number of aliphatic imine (C=N–C) groups is 1. The van der Waals surface area contributed by atoms with E-state index in [9.17, 15) is 0 Å². The number of piperidine rings is 1. The van der Waals surface area contributed by atoms with Gasteiger partial charge < -0.3 is 4.90 Å². The summed E-state index contributed by atoms with van der Waals surface area (Å²) in [5.74, 6) is 1.81. The fourth-order valence-corrected chi connectivity index (χ4v) is 2.88. The first-order valence-corrected chi connectivity index (χ1v) is 8.57. The first-order chi connectivity index (χ1) is 10.8. The first-order valence-electron chi connectivity index (χ1n) is 7.52. The van der Waals surface area contributed by atoms with Crippen LogP contribution in [0, 0.1) is 6.92 Å². The number of hydrogen-bond donors (Lipinski definition) is 1. The van der Waals surface area contributed by atoms with E-state index in [1.165, 1.54) is 19.3 Å². The van der Waals surface area contributed by atoms with Crippen molar-refractivity contribution in [2.75, 3.05) is 18.0 Å². The molecule has 1 fully saturated rings. The van der Waals surface area contributed by atoms with Crippen molar-refractivity contribution in [1.29, 1.82) is 0 Å². The predicted molar refractivity (Wildman–Crippen MR) is 94.8 cm³/mol. The largest absolute Gasteiger partial charge is 0.357 e. The maximum absolute atomic E-state index is 4.75. The molecule has 0 bridgehead atoms. The van der Waals surface area contributed by atoms with Gasteiger partial charge in [0.25, 0.3) is 0 Å². The van der Waals surface area contributed by atoms with Crippen LogP contribution in [0.1, 0.15) is 30.7 Å². The average molecular weight is 317 g/mol. The zero-order valence-electron chi connectivity index (χ0n) is 13.0. The molecule has 0 unspecified atom stereocenters. The summed E-state index contributed by atoms with van der Waals surface area (Å²) >= 11 is 1.65. The Bertz CT molecular complexity index is 560. The molecule has 1 aliphatic heterocycles. The average Bonchev–Trinajstić information content (AvgIpc) is 2.63. The zero-order chi connectivity index (χ0) is 15.6. The van der Waals surface area contributed by atoms with Crippen LogP contribution in [0.4, 0.5) is 5.82 Å². The number of rotatable bonds is 5. The van der Waals surface area contributed by atoms with E-state index >= 15 is 0 Å². The van der Waals surface area contributed by atoms with Crippen molar-refractivity contribution in [2.45, 2.75) is 31.9 Å². The topological polar surface area (TPSA) is 57.2 Å². The lowest BCUT2D eigenvalue weighted by Crippen LogP contribution is -2.30. The summed E-state index contributed by atoms with van der Waals surface area (Å²) in [7, 11) is 0. The molecule has 0 spiro atoms. The SMILES string of the molecule is C=N/C=C\SCc1cc(N2CCCCC2)nc(C)ccn[nH]1. The van der Waals surface area contributed by atoms with Crippen LogP contribution in [0.3, 0.4) is 0 Å². The Morgan fingerprint density at radius 3 is 3.00 bits per heavy atom. The van der Waals surface area contributed by atoms with Crippen molar-refractivity contribution in [3.8, 4) is 0 Å². The lowest BCUT2D eigenvalue weighted by Gasteiger charge is -2.27. The second kappa shape index (κ2) is 9.25. The van der Waals surface area contributed by atoms with E-state index in [0.717, 1.165) is 36.0 Å². The Morgan fingerprint density at radius 1 is 1.41 bits per heavy atom. The first kappa shape index (κ1) is 16.5. The number of hydrogen-bond acceptors (Lipinski definition) is 5. The molecule has 0 amide bonds. The molecule has 6 heteroatoms. The lowest BCUT2D eigenvalue weighted by atomic mass is 10.1. The van der Waals surface area contributed by atoms with Crippen LogP contribution in [0.25, 0.3) is 0 Å². The molecule has 1 saturated heterocycles. The molecule has 0 atom stereocenters. The number of anilines is 1. The van der Waals surface area contributed by atoms with Gasteiger partial charge in [0, 0.05) is 48.7 Å². The van der Waals surface area contributed by atoms with Crippen LogP contribution in [0.15, 0.2) is 34.9 Å². The fraction of sp³-hybridized carbons (Fsp3) is 0.438. The molecule has 1 N–H and O–H groups in total. The molecule has 2 heterocycles. The van der Waals surface area contributed by atoms with Crippen molar-refractivity contribution in [1.82, 2.24) is 15.2 Å². The van der Waals surface area contributed by atoms with Gasteiger partial charge in [0.1, 0.15) is 5.82 Å². The number of nitrogens with one attached hydrogen (secondary N) is 1. The third kappa shape index (κ3) is 5.52. The summed E-state index contributed by atoms with van der Waals surface area (Å²) in [5.41, 5.74) is 1.99. The highest BCUT2D eigenvalue weighted by Gasteiger charge is 2.12. The summed E-state index contributed by atoms with van der Waals surface area (Å²) in [5, 5.41) is 9.25. The van der Waals surface area contributed by atoms with E-state index in [1.807, 2.05) is 18.4 Å². The van der Waals surface area contributed by atoms with Gasteiger partial charge in [-0.1, -0.05) is 0 Å². The second-order valence-electron chi connectivity index (χ2n) is 5.16. The summed E-state index contributed by atoms with van der Waals surface area (Å²) in [6.45, 7) is 7.58. The number of aromatic amines is 1. The highest BCUT2D eigenvalue weighted by Crippen LogP contribution is 2.19. The number of nitrogens with zero attached hydrogens (tertiary/aromatic N) is 4. The van der Waals surface area contributed by atoms with E-state index < -0.39 is 0 Å². The van der Waals surface area contributed by atoms with E-state index in [4.69, 9.17) is 4.98 Å². The van der Waals surface area contributed by atoms with Crippen molar-refractivity contribution < 1.29 is 0 Å². The van der Waals surface area contributed by atoms with Crippen LogP contribution in [0.2, 0.25) is 0 Å². The van der Waals surface area contributed by atoms with Gasteiger partial charge >= 0.3 is 0 Å². The summed E-state index contributed by atoms with van der Waals surface area (Å²) < 4.78 is 0. The molecule has 118 valence electrons. The minimum Gasteiger partial charge on any atom is -0.357 e. The summed E-state index contributed by atoms with van der Waals surface area (Å²) in [4.78, 5) is 10.8. The minimum atomic E-state index is 0.787. The lowest BCUT2D eigenvalue weighted by molar-refractivity contribution is 0.573. The third-order valence-corrected chi connectivity index (χ3v) is 4.17. The number of aryl methyl sites for hydroxylation is 1. The van der Waals surface area contributed by atoms with Gasteiger partial charge in [-0.05, 0) is 44.4 Å². The molecule has 1 aliphatic rings. The highest BCUT2D eigenvalue weighted by atomic mass is 32.2. The van der Waals surface area contributed by atoms with Gasteiger partial charge in [-0.3, -0.25) is 10.1 Å². The zero-order valence-corrected chi connectivity index (χ0v) is 13.9. The van der Waals surface area contributed by atoms with Gasteiger partial charge in [-0.15, -0.1) is 11.8 Å². The van der Waals surface area contributed by atoms with E-state index in [-0.39, 0.29) is 0 Å². The molecule has 1 aromatic heterocycles. The second-order valence-corrected chi connectivity index (χ2v) is 6.06. The molecule has 0 aromatic carbocycles. The molecule has 0 aliphatic carbocycles. The number of H-pyrrole nitrogens is 1. The molecule has 1 aromatic rings. The van der Waals surface area contributed by atoms with Crippen molar-refractivity contribution in [3.05, 3.63) is 41.3 Å². The summed E-state index contributed by atoms with van der Waals surface area (Å²) in [6, 6.07) is 4.02. The third-order valence-electron chi connectivity index (χ3n) is 3.37. The molecule has 0 radical (unpaired) electrons. The molecular formula is C16H23N5S. The molecular weight excluding hydrogens is 294 g/mol. The van der Waals surface area contributed by atoms with Crippen molar-refractivity contribution in [2.24, 2.45) is 4.99 Å². The van der Waals surface area contributed by atoms with Gasteiger partial charge in [0.2, 0.25) is 0 Å². The van der Waals surface area contributed by atoms with Gasteiger partial charge in [0.05, 0.1) is 0 Å². The number of aromatic nitrogens is 3. The van der Waals surface area contributed by atoms with Crippen LogP contribution in [-0.4, -0.2) is 35.0 Å². The van der Waals surface area contributed by atoms with E-state index in [2.05, 4.69) is 32.9 Å². The van der Waals surface area contributed by atoms with Crippen LogP contribution < -0.4 is 4.90 Å². The monoisotopic (exact) mass is 317 g/mol. The Kier molecular flexibility index (Phi) is 6.96. The smallest absolute Gasteiger partial charge is 0.130 e. The predicted octanol–water partition coefficient (Wildman–Crippen LogP) is 3.63. The Balaban J connectivity index is 2.28. The minimum absolute atomic E-state index is 0.787. The molecule has 0 saturated carbocycles. The van der Waals surface area contributed by atoms with Crippen LogP contribution >= 0.6 is 11.8 Å². The van der Waals surface area contributed by atoms with Crippen molar-refractivity contribution >= 4 is 24.3 Å². The van der Waals surface area contributed by atoms with Gasteiger partial charge in [-0.25, -0.2) is 4.98 Å².